The average Bonchev–Trinajstić information content (AvgIpc) is 2.26. The summed E-state index contributed by atoms with van der Waals surface area (Å²) in [6.07, 6.45) is 7.31. The maximum absolute atomic E-state index is 9.63. The first-order valence-corrected chi connectivity index (χ1v) is 6.55. The molecule has 0 amide bonds. The molecule has 0 aromatic rings. The van der Waals surface area contributed by atoms with Gasteiger partial charge in [-0.2, -0.15) is 0 Å². The number of aliphatic hydroxyl groups excluding tert-OH is 1. The molecule has 4 atom stereocenters. The molecule has 2 saturated carbocycles. The first-order valence-electron chi connectivity index (χ1n) is 6.55. The highest BCUT2D eigenvalue weighted by Crippen LogP contribution is 2.42. The second-order valence-electron chi connectivity index (χ2n) is 5.33. The smallest absolute Gasteiger partial charge is 0.0543 e. The van der Waals surface area contributed by atoms with Crippen molar-refractivity contribution in [3.63, 3.8) is 0 Å². The summed E-state index contributed by atoms with van der Waals surface area (Å²) in [7, 11) is 0. The Balaban J connectivity index is 1.79. The summed E-state index contributed by atoms with van der Waals surface area (Å²) >= 11 is 0. The van der Waals surface area contributed by atoms with Gasteiger partial charge >= 0.3 is 0 Å². The van der Waals surface area contributed by atoms with Crippen LogP contribution in [-0.2, 0) is 4.74 Å². The largest absolute Gasteiger partial charge is 0.393 e. The molecule has 0 heterocycles. The minimum absolute atomic E-state index is 0.00491. The molecule has 2 heteroatoms. The third-order valence-corrected chi connectivity index (χ3v) is 4.25. The lowest BCUT2D eigenvalue weighted by Gasteiger charge is -2.40. The number of rotatable bonds is 3. The minimum Gasteiger partial charge on any atom is -0.393 e. The molecule has 2 nitrogen and oxygen atoms in total. The van der Waals surface area contributed by atoms with E-state index in [1.54, 1.807) is 0 Å². The summed E-state index contributed by atoms with van der Waals surface area (Å²) in [5.41, 5.74) is 0. The Kier molecular flexibility index (Phi) is 4.04. The Labute approximate surface area is 93.0 Å². The standard InChI is InChI=1S/C13H24O2/c1-2-15-9-10-3-4-12-8-13(14)6-5-11(12)7-10/h10-14H,2-9H2,1H3. The number of fused-ring (bicyclic) bond motifs is 1. The first-order chi connectivity index (χ1) is 7.29. The van der Waals surface area contributed by atoms with Crippen LogP contribution >= 0.6 is 0 Å². The van der Waals surface area contributed by atoms with Gasteiger partial charge in [0.25, 0.3) is 0 Å². The molecule has 1 N–H and O–H groups in total. The molecule has 2 aliphatic carbocycles. The summed E-state index contributed by atoms with van der Waals surface area (Å²) in [4.78, 5) is 0. The average molecular weight is 212 g/mol. The lowest BCUT2D eigenvalue weighted by Crippen LogP contribution is -2.34. The maximum Gasteiger partial charge on any atom is 0.0543 e. The molecule has 15 heavy (non-hydrogen) atoms. The highest BCUT2D eigenvalue weighted by molar-refractivity contribution is 4.85. The van der Waals surface area contributed by atoms with Gasteiger partial charge in [-0.25, -0.2) is 0 Å². The van der Waals surface area contributed by atoms with Gasteiger partial charge in [0.2, 0.25) is 0 Å². The number of aliphatic hydroxyl groups is 1. The van der Waals surface area contributed by atoms with Crippen LogP contribution in [0.4, 0.5) is 0 Å². The molecule has 2 fully saturated rings. The third-order valence-electron chi connectivity index (χ3n) is 4.25. The van der Waals surface area contributed by atoms with Crippen LogP contribution < -0.4 is 0 Å². The Bertz CT molecular complexity index is 193. The van der Waals surface area contributed by atoms with Gasteiger partial charge in [0.15, 0.2) is 0 Å². The van der Waals surface area contributed by atoms with Crippen molar-refractivity contribution in [2.24, 2.45) is 17.8 Å². The monoisotopic (exact) mass is 212 g/mol. The van der Waals surface area contributed by atoms with E-state index in [4.69, 9.17) is 4.74 Å². The van der Waals surface area contributed by atoms with E-state index < -0.39 is 0 Å². The normalized spacial score (nSPS) is 41.2. The van der Waals surface area contributed by atoms with Crippen LogP contribution in [0.25, 0.3) is 0 Å². The Morgan fingerprint density at radius 1 is 1.07 bits per heavy atom. The van der Waals surface area contributed by atoms with Gasteiger partial charge in [0.05, 0.1) is 6.10 Å². The first kappa shape index (κ1) is 11.4. The van der Waals surface area contributed by atoms with Gasteiger partial charge in [-0.1, -0.05) is 0 Å². The van der Waals surface area contributed by atoms with E-state index in [0.29, 0.717) is 0 Å². The van der Waals surface area contributed by atoms with Crippen molar-refractivity contribution >= 4 is 0 Å². The van der Waals surface area contributed by atoms with Gasteiger partial charge in [-0.05, 0) is 63.2 Å². The van der Waals surface area contributed by atoms with Crippen LogP contribution in [0.1, 0.15) is 45.4 Å². The van der Waals surface area contributed by atoms with E-state index >= 15 is 0 Å². The van der Waals surface area contributed by atoms with E-state index in [1.807, 2.05) is 0 Å². The maximum atomic E-state index is 9.63. The highest BCUT2D eigenvalue weighted by Gasteiger charge is 2.34. The fourth-order valence-corrected chi connectivity index (χ4v) is 3.40. The summed E-state index contributed by atoms with van der Waals surface area (Å²) in [5.74, 6) is 2.49. The van der Waals surface area contributed by atoms with Crippen LogP contribution in [0.5, 0.6) is 0 Å². The predicted molar refractivity (Wildman–Crippen MR) is 60.7 cm³/mol. The van der Waals surface area contributed by atoms with Gasteiger partial charge in [-0.15, -0.1) is 0 Å². The van der Waals surface area contributed by atoms with Crippen LogP contribution in [-0.4, -0.2) is 24.4 Å². The summed E-state index contributed by atoms with van der Waals surface area (Å²) < 4.78 is 5.52. The molecule has 88 valence electrons. The molecule has 2 rings (SSSR count). The number of hydrogen-bond acceptors (Lipinski definition) is 2. The Morgan fingerprint density at radius 2 is 1.80 bits per heavy atom. The summed E-state index contributed by atoms with van der Waals surface area (Å²) in [5, 5.41) is 9.63. The van der Waals surface area contributed by atoms with Crippen molar-refractivity contribution in [1.29, 1.82) is 0 Å². The van der Waals surface area contributed by atoms with Gasteiger partial charge in [0, 0.05) is 13.2 Å². The quantitative estimate of drug-likeness (QED) is 0.779. The number of ether oxygens (including phenoxy) is 1. The SMILES string of the molecule is CCOCC1CCC2CC(O)CCC2C1. The van der Waals surface area contributed by atoms with Crippen molar-refractivity contribution in [3.05, 3.63) is 0 Å². The lowest BCUT2D eigenvalue weighted by molar-refractivity contribution is 0.0132. The second-order valence-corrected chi connectivity index (χ2v) is 5.33. The second kappa shape index (κ2) is 5.31. The molecule has 0 aromatic carbocycles. The zero-order valence-corrected chi connectivity index (χ0v) is 9.82. The molecule has 4 unspecified atom stereocenters. The summed E-state index contributed by atoms with van der Waals surface area (Å²) in [6.45, 7) is 3.88. The van der Waals surface area contributed by atoms with E-state index in [1.165, 1.54) is 25.7 Å². The Morgan fingerprint density at radius 3 is 2.60 bits per heavy atom. The minimum atomic E-state index is -0.00491. The molecule has 0 radical (unpaired) electrons. The van der Waals surface area contributed by atoms with Gasteiger partial charge < -0.3 is 9.84 Å². The molecule has 0 aromatic heterocycles. The summed E-state index contributed by atoms with van der Waals surface area (Å²) in [6, 6.07) is 0. The van der Waals surface area contributed by atoms with Crippen molar-refractivity contribution in [2.45, 2.75) is 51.6 Å². The van der Waals surface area contributed by atoms with Crippen LogP contribution in [0.3, 0.4) is 0 Å². The predicted octanol–water partition coefficient (Wildman–Crippen LogP) is 2.60. The zero-order chi connectivity index (χ0) is 10.7. The van der Waals surface area contributed by atoms with Gasteiger partial charge in [-0.3, -0.25) is 0 Å². The molecular weight excluding hydrogens is 188 g/mol. The molecular formula is C13H24O2. The fraction of sp³-hybridized carbons (Fsp3) is 1.00. The topological polar surface area (TPSA) is 29.5 Å². The highest BCUT2D eigenvalue weighted by atomic mass is 16.5. The fourth-order valence-electron chi connectivity index (χ4n) is 3.40. The van der Waals surface area contributed by atoms with Crippen molar-refractivity contribution in [1.82, 2.24) is 0 Å². The van der Waals surface area contributed by atoms with Crippen molar-refractivity contribution in [3.8, 4) is 0 Å². The van der Waals surface area contributed by atoms with E-state index in [9.17, 15) is 5.11 Å². The van der Waals surface area contributed by atoms with E-state index in [2.05, 4.69) is 6.92 Å². The van der Waals surface area contributed by atoms with Crippen LogP contribution in [0, 0.1) is 17.8 Å². The molecule has 2 aliphatic rings. The molecule has 0 aliphatic heterocycles. The van der Waals surface area contributed by atoms with Crippen LogP contribution in [0.2, 0.25) is 0 Å². The number of hydrogen-bond donors (Lipinski definition) is 1. The molecule has 0 saturated heterocycles. The van der Waals surface area contributed by atoms with Crippen molar-refractivity contribution < 1.29 is 9.84 Å². The third kappa shape index (κ3) is 2.94. The van der Waals surface area contributed by atoms with Crippen LogP contribution in [0.15, 0.2) is 0 Å². The van der Waals surface area contributed by atoms with E-state index in [-0.39, 0.29) is 6.10 Å². The zero-order valence-electron chi connectivity index (χ0n) is 9.82. The molecule has 0 spiro atoms. The van der Waals surface area contributed by atoms with Crippen molar-refractivity contribution in [2.75, 3.05) is 13.2 Å². The lowest BCUT2D eigenvalue weighted by atomic mass is 9.67. The molecule has 0 bridgehead atoms. The van der Waals surface area contributed by atoms with E-state index in [0.717, 1.165) is 43.8 Å². The van der Waals surface area contributed by atoms with Gasteiger partial charge in [0.1, 0.15) is 0 Å². The Hall–Kier alpha value is -0.0800.